The average Bonchev–Trinajstić information content (AvgIpc) is 2.86. The molecule has 1 aliphatic rings. The molecule has 7 nitrogen and oxygen atoms in total. The molecule has 92 valence electrons. The van der Waals surface area contributed by atoms with E-state index in [1.807, 2.05) is 0 Å². The van der Waals surface area contributed by atoms with Crippen molar-refractivity contribution >= 4 is 11.8 Å². The lowest BCUT2D eigenvalue weighted by atomic mass is 10.2. The fourth-order valence-corrected chi connectivity index (χ4v) is 2.09. The van der Waals surface area contributed by atoms with Crippen molar-refractivity contribution in [2.45, 2.75) is 25.3 Å². The lowest BCUT2D eigenvalue weighted by molar-refractivity contribution is -0.136. The smallest absolute Gasteiger partial charge is 0.240 e. The molecule has 2 heterocycles. The van der Waals surface area contributed by atoms with Crippen LogP contribution in [-0.4, -0.2) is 44.3 Å². The first-order chi connectivity index (χ1) is 8.08. The van der Waals surface area contributed by atoms with Gasteiger partial charge in [-0.25, -0.2) is 0 Å². The second kappa shape index (κ2) is 4.52. The minimum Gasteiger partial charge on any atom is -0.368 e. The topological polar surface area (TPSA) is 94.1 Å². The number of carbonyl (C=O) groups excluding carboxylic acids is 2. The monoisotopic (exact) mass is 237 g/mol. The van der Waals surface area contributed by atoms with E-state index in [1.54, 1.807) is 13.2 Å². The lowest BCUT2D eigenvalue weighted by Crippen LogP contribution is -2.44. The Labute approximate surface area is 98.6 Å². The van der Waals surface area contributed by atoms with Gasteiger partial charge in [-0.2, -0.15) is 0 Å². The maximum atomic E-state index is 12.0. The van der Waals surface area contributed by atoms with E-state index in [0.717, 1.165) is 6.42 Å². The molecule has 0 bridgehead atoms. The Morgan fingerprint density at radius 2 is 2.35 bits per heavy atom. The molecule has 2 N–H and O–H groups in total. The van der Waals surface area contributed by atoms with E-state index in [-0.39, 0.29) is 12.3 Å². The van der Waals surface area contributed by atoms with Crippen molar-refractivity contribution < 1.29 is 9.59 Å². The Morgan fingerprint density at radius 3 is 2.94 bits per heavy atom. The highest BCUT2D eigenvalue weighted by Gasteiger charge is 2.32. The maximum absolute atomic E-state index is 12.0. The van der Waals surface area contributed by atoms with Gasteiger partial charge in [-0.15, -0.1) is 5.10 Å². The fourth-order valence-electron chi connectivity index (χ4n) is 2.09. The standard InChI is InChI=1S/C10H15N5O2/c1-14-6-7(12-13-14)5-9(16)15-4-2-3-8(15)10(11)17/h6,8H,2-5H2,1H3,(H2,11,17). The van der Waals surface area contributed by atoms with Gasteiger partial charge in [-0.05, 0) is 12.8 Å². The molecular formula is C10H15N5O2. The number of rotatable bonds is 3. The Kier molecular flexibility index (Phi) is 3.08. The second-order valence-electron chi connectivity index (χ2n) is 4.21. The van der Waals surface area contributed by atoms with Crippen molar-refractivity contribution in [3.05, 3.63) is 11.9 Å². The molecule has 0 aliphatic carbocycles. The third-order valence-electron chi connectivity index (χ3n) is 2.88. The van der Waals surface area contributed by atoms with Crippen LogP contribution in [0.4, 0.5) is 0 Å². The van der Waals surface area contributed by atoms with Crippen molar-refractivity contribution in [1.82, 2.24) is 19.9 Å². The van der Waals surface area contributed by atoms with Crippen molar-refractivity contribution in [3.8, 4) is 0 Å². The normalized spacial score (nSPS) is 19.6. The minimum atomic E-state index is -0.459. The van der Waals surface area contributed by atoms with Crippen LogP contribution in [0.25, 0.3) is 0 Å². The van der Waals surface area contributed by atoms with Crippen molar-refractivity contribution in [3.63, 3.8) is 0 Å². The molecule has 7 heteroatoms. The summed E-state index contributed by atoms with van der Waals surface area (Å²) in [6, 6.07) is -0.459. The summed E-state index contributed by atoms with van der Waals surface area (Å²) >= 11 is 0. The number of aryl methyl sites for hydroxylation is 1. The van der Waals surface area contributed by atoms with Crippen LogP contribution in [0.3, 0.4) is 0 Å². The van der Waals surface area contributed by atoms with Crippen molar-refractivity contribution in [2.24, 2.45) is 12.8 Å². The number of likely N-dealkylation sites (tertiary alicyclic amines) is 1. The first kappa shape index (κ1) is 11.6. The van der Waals surface area contributed by atoms with Gasteiger partial charge in [0.2, 0.25) is 11.8 Å². The zero-order valence-corrected chi connectivity index (χ0v) is 9.67. The molecule has 1 saturated heterocycles. The highest BCUT2D eigenvalue weighted by molar-refractivity contribution is 5.87. The summed E-state index contributed by atoms with van der Waals surface area (Å²) in [5.41, 5.74) is 5.86. The molecule has 1 unspecified atom stereocenters. The molecule has 1 atom stereocenters. The third-order valence-corrected chi connectivity index (χ3v) is 2.88. The highest BCUT2D eigenvalue weighted by Crippen LogP contribution is 2.17. The summed E-state index contributed by atoms with van der Waals surface area (Å²) in [5, 5.41) is 7.60. The summed E-state index contributed by atoms with van der Waals surface area (Å²) in [4.78, 5) is 24.7. The number of carbonyl (C=O) groups is 2. The molecule has 1 aliphatic heterocycles. The lowest BCUT2D eigenvalue weighted by Gasteiger charge is -2.21. The first-order valence-corrected chi connectivity index (χ1v) is 5.52. The predicted octanol–water partition coefficient (Wildman–Crippen LogP) is -1.17. The predicted molar refractivity (Wildman–Crippen MR) is 58.6 cm³/mol. The summed E-state index contributed by atoms with van der Waals surface area (Å²) < 4.78 is 1.54. The average molecular weight is 237 g/mol. The van der Waals surface area contributed by atoms with Crippen molar-refractivity contribution in [1.29, 1.82) is 0 Å². The van der Waals surface area contributed by atoms with Gasteiger partial charge < -0.3 is 10.6 Å². The Balaban J connectivity index is 2.02. The maximum Gasteiger partial charge on any atom is 0.240 e. The van der Waals surface area contributed by atoms with E-state index in [9.17, 15) is 9.59 Å². The Bertz CT molecular complexity index is 442. The Hall–Kier alpha value is -1.92. The molecule has 1 aromatic rings. The Morgan fingerprint density at radius 1 is 1.59 bits per heavy atom. The number of amides is 2. The molecule has 1 fully saturated rings. The quantitative estimate of drug-likeness (QED) is 0.717. The van der Waals surface area contributed by atoms with E-state index in [2.05, 4.69) is 10.3 Å². The van der Waals surface area contributed by atoms with Gasteiger partial charge in [0.15, 0.2) is 0 Å². The number of hydrogen-bond donors (Lipinski definition) is 1. The molecule has 0 spiro atoms. The first-order valence-electron chi connectivity index (χ1n) is 5.52. The zero-order valence-electron chi connectivity index (χ0n) is 9.67. The molecule has 2 rings (SSSR count). The van der Waals surface area contributed by atoms with E-state index in [4.69, 9.17) is 5.73 Å². The van der Waals surface area contributed by atoms with E-state index in [1.165, 1.54) is 9.58 Å². The minimum absolute atomic E-state index is 0.119. The van der Waals surface area contributed by atoms with Crippen LogP contribution in [0.5, 0.6) is 0 Å². The third kappa shape index (κ3) is 2.43. The summed E-state index contributed by atoms with van der Waals surface area (Å²) in [6.07, 6.45) is 3.33. The zero-order chi connectivity index (χ0) is 12.4. The number of nitrogens with two attached hydrogens (primary N) is 1. The second-order valence-corrected chi connectivity index (χ2v) is 4.21. The van der Waals surface area contributed by atoms with Gasteiger partial charge in [0.05, 0.1) is 12.1 Å². The van der Waals surface area contributed by atoms with Crippen LogP contribution in [0.15, 0.2) is 6.20 Å². The van der Waals surface area contributed by atoms with Gasteiger partial charge in [0.1, 0.15) is 6.04 Å². The van der Waals surface area contributed by atoms with Gasteiger partial charge in [0.25, 0.3) is 0 Å². The summed E-state index contributed by atoms with van der Waals surface area (Å²) in [7, 11) is 1.74. The van der Waals surface area contributed by atoms with Crippen LogP contribution in [0.2, 0.25) is 0 Å². The fraction of sp³-hybridized carbons (Fsp3) is 0.600. The van der Waals surface area contributed by atoms with Gasteiger partial charge >= 0.3 is 0 Å². The molecule has 0 radical (unpaired) electrons. The molecule has 17 heavy (non-hydrogen) atoms. The van der Waals surface area contributed by atoms with Gasteiger partial charge in [-0.3, -0.25) is 14.3 Å². The SMILES string of the molecule is Cn1cc(CC(=O)N2CCCC2C(N)=O)nn1. The van der Waals surface area contributed by atoms with E-state index in [0.29, 0.717) is 18.7 Å². The van der Waals surface area contributed by atoms with Crippen LogP contribution in [0.1, 0.15) is 18.5 Å². The van der Waals surface area contributed by atoms with Crippen LogP contribution in [0, 0.1) is 0 Å². The van der Waals surface area contributed by atoms with Crippen LogP contribution in [-0.2, 0) is 23.1 Å². The number of aromatic nitrogens is 3. The van der Waals surface area contributed by atoms with Crippen LogP contribution >= 0.6 is 0 Å². The van der Waals surface area contributed by atoms with Crippen molar-refractivity contribution in [2.75, 3.05) is 6.54 Å². The van der Waals surface area contributed by atoms with Crippen LogP contribution < -0.4 is 5.73 Å². The molecule has 0 saturated carbocycles. The van der Waals surface area contributed by atoms with Gasteiger partial charge in [0, 0.05) is 19.8 Å². The van der Waals surface area contributed by atoms with E-state index < -0.39 is 11.9 Å². The summed E-state index contributed by atoms with van der Waals surface area (Å²) in [5.74, 6) is -0.554. The molecule has 2 amide bonds. The number of hydrogen-bond acceptors (Lipinski definition) is 4. The largest absolute Gasteiger partial charge is 0.368 e. The molecule has 1 aromatic heterocycles. The summed E-state index contributed by atoms with van der Waals surface area (Å²) in [6.45, 7) is 0.590. The number of primary amides is 1. The van der Waals surface area contributed by atoms with E-state index >= 15 is 0 Å². The number of nitrogens with zero attached hydrogens (tertiary/aromatic N) is 4. The van der Waals surface area contributed by atoms with Gasteiger partial charge in [-0.1, -0.05) is 5.21 Å². The molecule has 0 aromatic carbocycles. The molecular weight excluding hydrogens is 222 g/mol. The highest BCUT2D eigenvalue weighted by atomic mass is 16.2.